The first-order valence-corrected chi connectivity index (χ1v) is 7.38. The maximum atomic E-state index is 5.77. The van der Waals surface area contributed by atoms with Gasteiger partial charge in [-0.2, -0.15) is 0 Å². The first-order chi connectivity index (χ1) is 10.4. The van der Waals surface area contributed by atoms with E-state index in [1.54, 1.807) is 0 Å². The number of H-pyrrole nitrogens is 1. The summed E-state index contributed by atoms with van der Waals surface area (Å²) in [5.74, 6) is 1.41. The van der Waals surface area contributed by atoms with E-state index in [4.69, 9.17) is 10.7 Å². The second kappa shape index (κ2) is 4.90. The van der Waals surface area contributed by atoms with Crippen LogP contribution < -0.4 is 10.6 Å². The number of benzene rings is 2. The van der Waals surface area contributed by atoms with Crippen molar-refractivity contribution in [1.82, 2.24) is 9.97 Å². The van der Waals surface area contributed by atoms with E-state index in [2.05, 4.69) is 40.2 Å². The molecule has 1 aliphatic heterocycles. The molecule has 0 fully saturated rings. The van der Waals surface area contributed by atoms with Gasteiger partial charge >= 0.3 is 0 Å². The summed E-state index contributed by atoms with van der Waals surface area (Å²) < 4.78 is 0. The number of nitrogens with zero attached hydrogens (tertiary/aromatic N) is 2. The zero-order valence-electron chi connectivity index (χ0n) is 11.8. The van der Waals surface area contributed by atoms with E-state index in [1.807, 2.05) is 18.2 Å². The van der Waals surface area contributed by atoms with Gasteiger partial charge in [0, 0.05) is 18.2 Å². The maximum absolute atomic E-state index is 5.77. The van der Waals surface area contributed by atoms with E-state index < -0.39 is 0 Å². The van der Waals surface area contributed by atoms with Gasteiger partial charge in [0.15, 0.2) is 0 Å². The summed E-state index contributed by atoms with van der Waals surface area (Å²) in [5.41, 5.74) is 10.5. The van der Waals surface area contributed by atoms with E-state index >= 15 is 0 Å². The highest BCUT2D eigenvalue weighted by Gasteiger charge is 2.30. The number of aromatic amines is 1. The second-order valence-corrected chi connectivity index (χ2v) is 5.52. The van der Waals surface area contributed by atoms with Crippen molar-refractivity contribution < 1.29 is 0 Å². The molecular weight excluding hydrogens is 260 g/mol. The van der Waals surface area contributed by atoms with E-state index in [0.29, 0.717) is 12.5 Å². The Balaban J connectivity index is 1.78. The molecule has 1 unspecified atom stereocenters. The van der Waals surface area contributed by atoms with Crippen LogP contribution >= 0.6 is 0 Å². The van der Waals surface area contributed by atoms with Gasteiger partial charge in [-0.3, -0.25) is 0 Å². The summed E-state index contributed by atoms with van der Waals surface area (Å²) in [6.45, 7) is 1.66. The second-order valence-electron chi connectivity index (χ2n) is 5.52. The van der Waals surface area contributed by atoms with Crippen molar-refractivity contribution in [1.29, 1.82) is 0 Å². The highest BCUT2D eigenvalue weighted by Crippen LogP contribution is 2.41. The molecule has 1 aromatic heterocycles. The molecule has 4 rings (SSSR count). The van der Waals surface area contributed by atoms with E-state index in [-0.39, 0.29) is 0 Å². The van der Waals surface area contributed by atoms with Crippen LogP contribution in [-0.2, 0) is 0 Å². The lowest BCUT2D eigenvalue weighted by Crippen LogP contribution is -2.18. The predicted molar refractivity (Wildman–Crippen MR) is 86.0 cm³/mol. The molecule has 0 saturated carbocycles. The Kier molecular flexibility index (Phi) is 2.89. The molecule has 3 aromatic rings. The number of fused-ring (bicyclic) bond motifs is 2. The van der Waals surface area contributed by atoms with Gasteiger partial charge in [0.25, 0.3) is 0 Å². The molecule has 0 aliphatic carbocycles. The molecule has 0 radical (unpaired) electrons. The minimum atomic E-state index is 0.486. The summed E-state index contributed by atoms with van der Waals surface area (Å²) in [6, 6.07) is 16.7. The Morgan fingerprint density at radius 2 is 1.95 bits per heavy atom. The molecule has 21 heavy (non-hydrogen) atoms. The van der Waals surface area contributed by atoms with Crippen LogP contribution in [0.4, 0.5) is 11.6 Å². The fourth-order valence-corrected chi connectivity index (χ4v) is 3.21. The highest BCUT2D eigenvalue weighted by molar-refractivity contribution is 5.80. The number of imidazole rings is 1. The molecule has 0 saturated heterocycles. The predicted octanol–water partition coefficient (Wildman–Crippen LogP) is 3.15. The Labute approximate surface area is 123 Å². The minimum Gasteiger partial charge on any atom is -0.330 e. The maximum Gasteiger partial charge on any atom is 0.208 e. The fraction of sp³-hybridized carbons (Fsp3) is 0.235. The van der Waals surface area contributed by atoms with E-state index in [9.17, 15) is 0 Å². The Bertz CT molecular complexity index is 744. The van der Waals surface area contributed by atoms with Gasteiger partial charge in [-0.15, -0.1) is 0 Å². The zero-order chi connectivity index (χ0) is 14.2. The molecule has 106 valence electrons. The Hall–Kier alpha value is -2.33. The SMILES string of the molecule is NCCC1CN(c2nc3ccccc3[nH]2)c2ccccc21. The van der Waals surface area contributed by atoms with Crippen LogP contribution in [0.3, 0.4) is 0 Å². The Morgan fingerprint density at radius 1 is 1.14 bits per heavy atom. The van der Waals surface area contributed by atoms with Crippen LogP contribution in [0.1, 0.15) is 17.9 Å². The van der Waals surface area contributed by atoms with Crippen molar-refractivity contribution in [2.45, 2.75) is 12.3 Å². The highest BCUT2D eigenvalue weighted by atomic mass is 15.3. The van der Waals surface area contributed by atoms with Crippen LogP contribution in [0.25, 0.3) is 11.0 Å². The van der Waals surface area contributed by atoms with Crippen molar-refractivity contribution >= 4 is 22.7 Å². The average Bonchev–Trinajstić information content (AvgIpc) is 3.09. The van der Waals surface area contributed by atoms with Crippen LogP contribution in [0.2, 0.25) is 0 Å². The molecule has 2 aromatic carbocycles. The largest absolute Gasteiger partial charge is 0.330 e. The van der Waals surface area contributed by atoms with Crippen molar-refractivity contribution in [3.63, 3.8) is 0 Å². The van der Waals surface area contributed by atoms with Gasteiger partial charge in [-0.1, -0.05) is 30.3 Å². The Morgan fingerprint density at radius 3 is 2.81 bits per heavy atom. The molecule has 0 spiro atoms. The molecule has 4 nitrogen and oxygen atoms in total. The zero-order valence-corrected chi connectivity index (χ0v) is 11.8. The van der Waals surface area contributed by atoms with Gasteiger partial charge in [0.2, 0.25) is 5.95 Å². The summed E-state index contributed by atoms with van der Waals surface area (Å²) in [5, 5.41) is 0. The number of hydrogen-bond acceptors (Lipinski definition) is 3. The smallest absolute Gasteiger partial charge is 0.208 e. The van der Waals surface area contributed by atoms with E-state index in [0.717, 1.165) is 29.9 Å². The number of aromatic nitrogens is 2. The normalized spacial score (nSPS) is 17.4. The van der Waals surface area contributed by atoms with Crippen LogP contribution in [0, 0.1) is 0 Å². The lowest BCUT2D eigenvalue weighted by atomic mass is 9.98. The van der Waals surface area contributed by atoms with Crippen LogP contribution in [-0.4, -0.2) is 23.1 Å². The molecule has 1 atom stereocenters. The lowest BCUT2D eigenvalue weighted by Gasteiger charge is -2.16. The number of nitrogens with two attached hydrogens (primary N) is 1. The van der Waals surface area contributed by atoms with Crippen molar-refractivity contribution in [2.75, 3.05) is 18.0 Å². The molecular formula is C17H18N4. The molecule has 0 amide bonds. The molecule has 3 N–H and O–H groups in total. The number of hydrogen-bond donors (Lipinski definition) is 2. The fourth-order valence-electron chi connectivity index (χ4n) is 3.21. The van der Waals surface area contributed by atoms with Crippen molar-refractivity contribution in [3.05, 3.63) is 54.1 Å². The molecule has 2 heterocycles. The lowest BCUT2D eigenvalue weighted by molar-refractivity contribution is 0.666. The minimum absolute atomic E-state index is 0.486. The molecule has 0 bridgehead atoms. The van der Waals surface area contributed by atoms with Gasteiger partial charge in [-0.05, 0) is 36.7 Å². The van der Waals surface area contributed by atoms with Crippen LogP contribution in [0.15, 0.2) is 48.5 Å². The first-order valence-electron chi connectivity index (χ1n) is 7.38. The van der Waals surface area contributed by atoms with Gasteiger partial charge < -0.3 is 15.6 Å². The standard InChI is InChI=1S/C17H18N4/c18-10-9-12-11-21(16-8-4-1-5-13(12)16)17-19-14-6-2-3-7-15(14)20-17/h1-8,12H,9-11,18H2,(H,19,20). The van der Waals surface area contributed by atoms with Gasteiger partial charge in [0.1, 0.15) is 0 Å². The third-order valence-electron chi connectivity index (χ3n) is 4.22. The number of anilines is 2. The third-order valence-corrected chi connectivity index (χ3v) is 4.22. The number of para-hydroxylation sites is 3. The van der Waals surface area contributed by atoms with Crippen molar-refractivity contribution in [3.8, 4) is 0 Å². The average molecular weight is 278 g/mol. The summed E-state index contributed by atoms with van der Waals surface area (Å²) in [4.78, 5) is 10.4. The topological polar surface area (TPSA) is 57.9 Å². The number of nitrogens with one attached hydrogen (secondary N) is 1. The monoisotopic (exact) mass is 278 g/mol. The summed E-state index contributed by atoms with van der Waals surface area (Å²) in [6.07, 6.45) is 1.01. The van der Waals surface area contributed by atoms with Crippen LogP contribution in [0.5, 0.6) is 0 Å². The molecule has 1 aliphatic rings. The summed E-state index contributed by atoms with van der Waals surface area (Å²) >= 11 is 0. The van der Waals surface area contributed by atoms with E-state index in [1.165, 1.54) is 11.3 Å². The third kappa shape index (κ3) is 1.99. The first kappa shape index (κ1) is 12.4. The van der Waals surface area contributed by atoms with Gasteiger partial charge in [-0.25, -0.2) is 4.98 Å². The summed E-state index contributed by atoms with van der Waals surface area (Å²) in [7, 11) is 0. The quantitative estimate of drug-likeness (QED) is 0.773. The van der Waals surface area contributed by atoms with Gasteiger partial charge in [0.05, 0.1) is 11.0 Å². The molecule has 4 heteroatoms. The number of rotatable bonds is 3. The van der Waals surface area contributed by atoms with Crippen molar-refractivity contribution in [2.24, 2.45) is 5.73 Å².